The van der Waals surface area contributed by atoms with Gasteiger partial charge < -0.3 is 4.42 Å². The lowest BCUT2D eigenvalue weighted by Gasteiger charge is -2.18. The van der Waals surface area contributed by atoms with Gasteiger partial charge in [-0.1, -0.05) is 32.9 Å². The second-order valence-electron chi connectivity index (χ2n) is 8.56. The lowest BCUT2D eigenvalue weighted by molar-refractivity contribution is 0.412. The number of fused-ring (bicyclic) bond motifs is 4. The van der Waals surface area contributed by atoms with Gasteiger partial charge in [-0.05, 0) is 55.5 Å². The molecule has 0 saturated carbocycles. The van der Waals surface area contributed by atoms with E-state index in [0.29, 0.717) is 5.71 Å². The number of hydrogen-bond acceptors (Lipinski definition) is 4. The quantitative estimate of drug-likeness (QED) is 0.307. The molecule has 0 spiro atoms. The normalized spacial score (nSPS) is 14.0. The maximum atomic E-state index is 8.79. The molecule has 4 aromatic heterocycles. The van der Waals surface area contributed by atoms with E-state index < -0.39 is 11.8 Å². The van der Waals surface area contributed by atoms with Gasteiger partial charge >= 0.3 is 0 Å². The number of rotatable bonds is 2. The summed E-state index contributed by atoms with van der Waals surface area (Å²) in [5, 5.41) is 2.91. The molecule has 0 fully saturated rings. The Bertz CT molecular complexity index is 1470. The van der Waals surface area contributed by atoms with Crippen LogP contribution < -0.4 is 0 Å². The van der Waals surface area contributed by atoms with Gasteiger partial charge in [0.25, 0.3) is 0 Å². The number of para-hydroxylation sites is 1. The number of aryl methyl sites for hydroxylation is 2. The summed E-state index contributed by atoms with van der Waals surface area (Å²) < 4.78 is 24.8. The van der Waals surface area contributed by atoms with E-state index in [4.69, 9.17) is 12.1 Å². The Kier molecular flexibility index (Phi) is 3.55. The van der Waals surface area contributed by atoms with Crippen LogP contribution in [-0.2, 0) is 6.37 Å². The summed E-state index contributed by atoms with van der Waals surface area (Å²) in [6.45, 7) is 9.77. The van der Waals surface area contributed by atoms with Crippen molar-refractivity contribution in [3.63, 3.8) is 0 Å². The first-order chi connectivity index (χ1) is 14.6. The van der Waals surface area contributed by atoms with Gasteiger partial charge in [-0.3, -0.25) is 4.98 Å². The highest BCUT2D eigenvalue weighted by Gasteiger charge is 2.19. The van der Waals surface area contributed by atoms with E-state index in [2.05, 4.69) is 11.1 Å². The number of benzene rings is 1. The number of furan rings is 1. The lowest BCUT2D eigenvalue weighted by atomic mass is 9.87. The molecule has 0 saturated heterocycles. The third-order valence-corrected chi connectivity index (χ3v) is 6.10. The summed E-state index contributed by atoms with van der Waals surface area (Å²) in [6, 6.07) is 12.2. The molecule has 5 rings (SSSR count). The molecule has 5 aromatic rings. The smallest absolute Gasteiger partial charge is 0.227 e. The molecule has 4 heterocycles. The Hall–Kier alpha value is -2.72. The summed E-state index contributed by atoms with van der Waals surface area (Å²) in [5.41, 5.74) is 4.30. The first-order valence-corrected chi connectivity index (χ1v) is 10.6. The molecule has 4 heteroatoms. The molecular weight excluding hydrogens is 376 g/mol. The highest BCUT2D eigenvalue weighted by atomic mass is 32.1. The minimum absolute atomic E-state index is 0.518. The molecule has 0 bridgehead atoms. The molecule has 0 aliphatic rings. The Morgan fingerprint density at radius 2 is 1.90 bits per heavy atom. The standard InChI is InChI=1S/C25H24N2OS/c1-14-9-10-17-16-7-6-8-18(23(16)28-24(17)27-14)21-11-22-20(13-26-21)19(15(2)29-22)12-25(3,4)5/h6-11,13H,12H2,1-5H3/i12D2. The zero-order chi connectivity index (χ0) is 22.1. The van der Waals surface area contributed by atoms with E-state index in [9.17, 15) is 0 Å². The zero-order valence-corrected chi connectivity index (χ0v) is 18.1. The SMILES string of the molecule is [2H]C([2H])(c1c(C)sc2cc(-c3cccc4c3oc3nc(C)ccc34)ncc12)C(C)(C)C. The van der Waals surface area contributed by atoms with E-state index in [1.54, 1.807) is 11.3 Å². The molecule has 3 nitrogen and oxygen atoms in total. The van der Waals surface area contributed by atoms with Gasteiger partial charge in [0.1, 0.15) is 5.58 Å². The van der Waals surface area contributed by atoms with Crippen molar-refractivity contribution < 1.29 is 7.16 Å². The summed E-state index contributed by atoms with van der Waals surface area (Å²) in [7, 11) is 0. The van der Waals surface area contributed by atoms with Crippen LogP contribution in [0.15, 0.2) is 47.0 Å². The summed E-state index contributed by atoms with van der Waals surface area (Å²) in [5.74, 6) is 0. The van der Waals surface area contributed by atoms with Crippen LogP contribution in [0.1, 0.15) is 39.6 Å². The van der Waals surface area contributed by atoms with Crippen molar-refractivity contribution in [1.29, 1.82) is 0 Å². The summed E-state index contributed by atoms with van der Waals surface area (Å²) in [6.07, 6.45) is 0.359. The first kappa shape index (κ1) is 16.1. The van der Waals surface area contributed by atoms with Crippen molar-refractivity contribution in [3.8, 4) is 11.3 Å². The van der Waals surface area contributed by atoms with Crippen LogP contribution in [0.5, 0.6) is 0 Å². The van der Waals surface area contributed by atoms with Gasteiger partial charge in [0.05, 0.1) is 5.69 Å². The highest BCUT2D eigenvalue weighted by molar-refractivity contribution is 7.19. The van der Waals surface area contributed by atoms with Crippen molar-refractivity contribution in [1.82, 2.24) is 9.97 Å². The molecule has 0 unspecified atom stereocenters. The average molecular weight is 403 g/mol. The van der Waals surface area contributed by atoms with Crippen LogP contribution >= 0.6 is 11.3 Å². The minimum Gasteiger partial charge on any atom is -0.437 e. The maximum absolute atomic E-state index is 8.79. The van der Waals surface area contributed by atoms with Gasteiger partial charge in [-0.15, -0.1) is 11.3 Å². The molecule has 1 aromatic carbocycles. The van der Waals surface area contributed by atoms with E-state index in [-0.39, 0.29) is 0 Å². The molecule has 0 radical (unpaired) electrons. The number of pyridine rings is 2. The van der Waals surface area contributed by atoms with Crippen LogP contribution in [0.25, 0.3) is 43.4 Å². The fourth-order valence-electron chi connectivity index (χ4n) is 3.77. The lowest BCUT2D eigenvalue weighted by Crippen LogP contribution is -2.09. The third kappa shape index (κ3) is 3.12. The molecule has 0 amide bonds. The molecule has 0 N–H and O–H groups in total. The Morgan fingerprint density at radius 3 is 2.69 bits per heavy atom. The van der Waals surface area contributed by atoms with Crippen molar-refractivity contribution in [2.75, 3.05) is 0 Å². The van der Waals surface area contributed by atoms with E-state index in [0.717, 1.165) is 53.8 Å². The van der Waals surface area contributed by atoms with Crippen molar-refractivity contribution in [2.45, 2.75) is 41.0 Å². The fourth-order valence-corrected chi connectivity index (χ4v) is 4.79. The summed E-state index contributed by atoms with van der Waals surface area (Å²) in [4.78, 5) is 10.3. The van der Waals surface area contributed by atoms with E-state index in [1.807, 2.05) is 71.1 Å². The monoisotopic (exact) mass is 402 g/mol. The van der Waals surface area contributed by atoms with Crippen LogP contribution in [0.4, 0.5) is 0 Å². The highest BCUT2D eigenvalue weighted by Crippen LogP contribution is 2.39. The Balaban J connectivity index is 1.72. The number of aromatic nitrogens is 2. The van der Waals surface area contributed by atoms with Crippen LogP contribution in [-0.4, -0.2) is 9.97 Å². The largest absolute Gasteiger partial charge is 0.437 e. The third-order valence-electron chi connectivity index (χ3n) is 5.03. The van der Waals surface area contributed by atoms with Crippen molar-refractivity contribution >= 4 is 43.5 Å². The molecule has 146 valence electrons. The van der Waals surface area contributed by atoms with Gasteiger partial charge in [-0.25, -0.2) is 4.98 Å². The topological polar surface area (TPSA) is 38.9 Å². The van der Waals surface area contributed by atoms with Gasteiger partial charge in [0.2, 0.25) is 5.71 Å². The first-order valence-electron chi connectivity index (χ1n) is 10.8. The zero-order valence-electron chi connectivity index (χ0n) is 19.3. The van der Waals surface area contributed by atoms with Gasteiger partial charge in [0.15, 0.2) is 0 Å². The van der Waals surface area contributed by atoms with Crippen molar-refractivity contribution in [3.05, 3.63) is 58.7 Å². The number of hydrogen-bond donors (Lipinski definition) is 0. The predicted molar refractivity (Wildman–Crippen MR) is 123 cm³/mol. The van der Waals surface area contributed by atoms with Crippen LogP contribution in [0.2, 0.25) is 0 Å². The Morgan fingerprint density at radius 1 is 1.07 bits per heavy atom. The molecule has 0 atom stereocenters. The van der Waals surface area contributed by atoms with Crippen molar-refractivity contribution in [2.24, 2.45) is 5.41 Å². The molecule has 0 aliphatic heterocycles. The van der Waals surface area contributed by atoms with Gasteiger partial charge in [0, 0.05) is 45.9 Å². The average Bonchev–Trinajstić information content (AvgIpc) is 3.22. The molecular formula is C25H24N2OS. The number of nitrogens with zero attached hydrogens (tertiary/aromatic N) is 2. The summed E-state index contributed by atoms with van der Waals surface area (Å²) >= 11 is 1.62. The minimum atomic E-state index is -1.46. The van der Waals surface area contributed by atoms with E-state index >= 15 is 0 Å². The second-order valence-corrected chi connectivity index (χ2v) is 9.82. The maximum Gasteiger partial charge on any atom is 0.227 e. The van der Waals surface area contributed by atoms with Crippen LogP contribution in [0.3, 0.4) is 0 Å². The fraction of sp³-hybridized carbons (Fsp3) is 0.280. The Labute approximate surface area is 177 Å². The number of thiophene rings is 1. The van der Waals surface area contributed by atoms with Gasteiger partial charge in [-0.2, -0.15) is 0 Å². The molecule has 29 heavy (non-hydrogen) atoms. The van der Waals surface area contributed by atoms with E-state index in [1.165, 1.54) is 0 Å². The van der Waals surface area contributed by atoms with Crippen LogP contribution in [0, 0.1) is 19.3 Å². The molecule has 0 aliphatic carbocycles. The predicted octanol–water partition coefficient (Wildman–Crippen LogP) is 7.46. The second kappa shape index (κ2) is 6.39.